The minimum absolute atomic E-state index is 0.623. The van der Waals surface area contributed by atoms with Crippen LogP contribution < -0.4 is 14.2 Å². The number of nitrogens with one attached hydrogen (secondary N) is 1. The molecule has 3 rings (SSSR count). The number of imidazole rings is 1. The molecule has 2 aromatic heterocycles. The first kappa shape index (κ1) is 15.9. The van der Waals surface area contributed by atoms with Crippen LogP contribution in [0.3, 0.4) is 0 Å². The molecule has 0 unspecified atom stereocenters. The van der Waals surface area contributed by atoms with Crippen LogP contribution in [0.15, 0.2) is 36.7 Å². The smallest absolute Gasteiger partial charge is 0.145 e. The van der Waals surface area contributed by atoms with Gasteiger partial charge in [-0.2, -0.15) is 0 Å². The van der Waals surface area contributed by atoms with Gasteiger partial charge in [-0.05, 0) is 19.1 Å². The zero-order chi connectivity index (χ0) is 17.1. The SMILES string of the molecule is COc1cc(OC)c(-c2nc(C)c(-c3cccnc3)[nH]2)c(OC)c1. The molecule has 6 heteroatoms. The van der Waals surface area contributed by atoms with E-state index in [1.54, 1.807) is 45.9 Å². The zero-order valence-corrected chi connectivity index (χ0v) is 14.1. The number of rotatable bonds is 5. The summed E-state index contributed by atoms with van der Waals surface area (Å²) >= 11 is 0. The zero-order valence-electron chi connectivity index (χ0n) is 14.1. The molecule has 3 aromatic rings. The van der Waals surface area contributed by atoms with Crippen LogP contribution in [0.4, 0.5) is 0 Å². The number of ether oxygens (including phenoxy) is 3. The molecular formula is C18H19N3O3. The normalized spacial score (nSPS) is 10.5. The molecule has 0 aliphatic heterocycles. The highest BCUT2D eigenvalue weighted by molar-refractivity contribution is 5.76. The standard InChI is InChI=1S/C18H19N3O3/c1-11-17(12-6-5-7-19-10-12)21-18(20-11)16-14(23-3)8-13(22-2)9-15(16)24-4/h5-10H,1-4H3,(H,20,21). The van der Waals surface area contributed by atoms with Gasteiger partial charge in [-0.3, -0.25) is 4.98 Å². The predicted molar refractivity (Wildman–Crippen MR) is 91.6 cm³/mol. The lowest BCUT2D eigenvalue weighted by Gasteiger charge is -2.13. The number of aryl methyl sites for hydroxylation is 1. The van der Waals surface area contributed by atoms with Crippen molar-refractivity contribution in [3.8, 4) is 39.9 Å². The van der Waals surface area contributed by atoms with Crippen molar-refractivity contribution < 1.29 is 14.2 Å². The molecule has 0 saturated carbocycles. The number of methoxy groups -OCH3 is 3. The van der Waals surface area contributed by atoms with Crippen molar-refractivity contribution in [3.63, 3.8) is 0 Å². The number of pyridine rings is 1. The third-order valence-electron chi connectivity index (χ3n) is 3.79. The molecule has 0 bridgehead atoms. The maximum absolute atomic E-state index is 5.51. The molecule has 0 atom stereocenters. The average Bonchev–Trinajstić information content (AvgIpc) is 3.02. The summed E-state index contributed by atoms with van der Waals surface area (Å²) in [6.07, 6.45) is 3.54. The Kier molecular flexibility index (Phi) is 4.37. The van der Waals surface area contributed by atoms with Gasteiger partial charge in [0.15, 0.2) is 0 Å². The number of nitrogens with zero attached hydrogens (tertiary/aromatic N) is 2. The number of H-pyrrole nitrogens is 1. The highest BCUT2D eigenvalue weighted by Gasteiger charge is 2.20. The summed E-state index contributed by atoms with van der Waals surface area (Å²) in [7, 11) is 4.82. The van der Waals surface area contributed by atoms with E-state index >= 15 is 0 Å². The molecule has 124 valence electrons. The largest absolute Gasteiger partial charge is 0.496 e. The van der Waals surface area contributed by atoms with Gasteiger partial charge in [-0.25, -0.2) is 4.98 Å². The van der Waals surface area contributed by atoms with Gasteiger partial charge in [0.1, 0.15) is 28.6 Å². The Bertz CT molecular complexity index is 819. The Balaban J connectivity index is 2.16. The molecule has 6 nitrogen and oxygen atoms in total. The highest BCUT2D eigenvalue weighted by Crippen LogP contribution is 2.41. The van der Waals surface area contributed by atoms with E-state index in [9.17, 15) is 0 Å². The van der Waals surface area contributed by atoms with Crippen molar-refractivity contribution in [1.29, 1.82) is 0 Å². The Morgan fingerprint density at radius 1 is 1.00 bits per heavy atom. The van der Waals surface area contributed by atoms with Crippen molar-refractivity contribution in [1.82, 2.24) is 15.0 Å². The molecule has 24 heavy (non-hydrogen) atoms. The van der Waals surface area contributed by atoms with Crippen LogP contribution in [0, 0.1) is 6.92 Å². The van der Waals surface area contributed by atoms with E-state index in [4.69, 9.17) is 14.2 Å². The van der Waals surface area contributed by atoms with E-state index in [-0.39, 0.29) is 0 Å². The molecule has 0 saturated heterocycles. The third kappa shape index (κ3) is 2.78. The van der Waals surface area contributed by atoms with Crippen LogP contribution in [0.2, 0.25) is 0 Å². The Labute approximate surface area is 140 Å². The van der Waals surface area contributed by atoms with Crippen molar-refractivity contribution in [2.45, 2.75) is 6.92 Å². The molecule has 0 amide bonds. The van der Waals surface area contributed by atoms with Crippen LogP contribution in [0.1, 0.15) is 5.69 Å². The van der Waals surface area contributed by atoms with Crippen LogP contribution in [0.25, 0.3) is 22.6 Å². The maximum Gasteiger partial charge on any atom is 0.145 e. The topological polar surface area (TPSA) is 69.3 Å². The first-order valence-corrected chi connectivity index (χ1v) is 7.45. The number of hydrogen-bond donors (Lipinski definition) is 1. The summed E-state index contributed by atoms with van der Waals surface area (Å²) in [6.45, 7) is 1.95. The van der Waals surface area contributed by atoms with Gasteiger partial charge in [0.05, 0.1) is 32.7 Å². The summed E-state index contributed by atoms with van der Waals surface area (Å²) in [6, 6.07) is 7.49. The van der Waals surface area contributed by atoms with Crippen molar-refractivity contribution in [3.05, 3.63) is 42.4 Å². The van der Waals surface area contributed by atoms with Gasteiger partial charge >= 0.3 is 0 Å². The molecule has 0 radical (unpaired) electrons. The van der Waals surface area contributed by atoms with Crippen LogP contribution in [-0.2, 0) is 0 Å². The summed E-state index contributed by atoms with van der Waals surface area (Å²) in [5, 5.41) is 0. The van der Waals surface area contributed by atoms with E-state index in [1.807, 2.05) is 19.1 Å². The second-order valence-corrected chi connectivity index (χ2v) is 5.19. The summed E-state index contributed by atoms with van der Waals surface area (Å²) in [5.74, 6) is 2.57. The van der Waals surface area contributed by atoms with Crippen molar-refractivity contribution in [2.24, 2.45) is 0 Å². The Hall–Kier alpha value is -3.02. The molecule has 1 N–H and O–H groups in total. The average molecular weight is 325 g/mol. The van der Waals surface area contributed by atoms with Gasteiger partial charge in [0.2, 0.25) is 0 Å². The molecule has 0 aliphatic carbocycles. The van der Waals surface area contributed by atoms with E-state index in [1.165, 1.54) is 0 Å². The summed E-state index contributed by atoms with van der Waals surface area (Å²) in [5.41, 5.74) is 3.51. The summed E-state index contributed by atoms with van der Waals surface area (Å²) in [4.78, 5) is 12.2. The van der Waals surface area contributed by atoms with Gasteiger partial charge in [-0.15, -0.1) is 0 Å². The van der Waals surface area contributed by atoms with Gasteiger partial charge in [0.25, 0.3) is 0 Å². The van der Waals surface area contributed by atoms with E-state index in [2.05, 4.69) is 15.0 Å². The van der Waals surface area contributed by atoms with Gasteiger partial charge in [0, 0.05) is 30.1 Å². The fraction of sp³-hybridized carbons (Fsp3) is 0.222. The number of aromatic nitrogens is 3. The molecule has 0 aliphatic rings. The molecule has 0 fully saturated rings. The lowest BCUT2D eigenvalue weighted by molar-refractivity contribution is 0.377. The van der Waals surface area contributed by atoms with Gasteiger partial charge in [-0.1, -0.05) is 0 Å². The van der Waals surface area contributed by atoms with E-state index < -0.39 is 0 Å². The second kappa shape index (κ2) is 6.62. The van der Waals surface area contributed by atoms with Crippen LogP contribution in [-0.4, -0.2) is 36.3 Å². The maximum atomic E-state index is 5.51. The van der Waals surface area contributed by atoms with Gasteiger partial charge < -0.3 is 19.2 Å². The first-order valence-electron chi connectivity index (χ1n) is 7.45. The highest BCUT2D eigenvalue weighted by atomic mass is 16.5. The Morgan fingerprint density at radius 3 is 2.25 bits per heavy atom. The predicted octanol–water partition coefficient (Wildman–Crippen LogP) is 3.47. The lowest BCUT2D eigenvalue weighted by Crippen LogP contribution is -1.96. The summed E-state index contributed by atoms with van der Waals surface area (Å²) < 4.78 is 16.3. The van der Waals surface area contributed by atoms with E-state index in [0.29, 0.717) is 23.1 Å². The monoisotopic (exact) mass is 325 g/mol. The molecule has 2 heterocycles. The van der Waals surface area contributed by atoms with Crippen molar-refractivity contribution >= 4 is 0 Å². The number of aromatic amines is 1. The van der Waals surface area contributed by atoms with Crippen LogP contribution in [0.5, 0.6) is 17.2 Å². The Morgan fingerprint density at radius 2 is 1.71 bits per heavy atom. The fourth-order valence-corrected chi connectivity index (χ4v) is 2.61. The lowest BCUT2D eigenvalue weighted by atomic mass is 10.1. The number of hydrogen-bond acceptors (Lipinski definition) is 5. The quantitative estimate of drug-likeness (QED) is 0.778. The first-order chi connectivity index (χ1) is 11.7. The second-order valence-electron chi connectivity index (χ2n) is 5.19. The fourth-order valence-electron chi connectivity index (χ4n) is 2.61. The minimum atomic E-state index is 0.623. The minimum Gasteiger partial charge on any atom is -0.496 e. The number of benzene rings is 1. The molecular weight excluding hydrogens is 306 g/mol. The third-order valence-corrected chi connectivity index (χ3v) is 3.79. The molecule has 1 aromatic carbocycles. The van der Waals surface area contributed by atoms with Crippen molar-refractivity contribution in [2.75, 3.05) is 21.3 Å². The van der Waals surface area contributed by atoms with E-state index in [0.717, 1.165) is 22.5 Å². The van der Waals surface area contributed by atoms with Crippen LogP contribution >= 0.6 is 0 Å². The molecule has 0 spiro atoms.